The van der Waals surface area contributed by atoms with Crippen LogP contribution in [0, 0.1) is 6.92 Å². The fraction of sp³-hybridized carbons (Fsp3) is 0.600. The van der Waals surface area contributed by atoms with Crippen LogP contribution >= 0.6 is 0 Å². The lowest BCUT2D eigenvalue weighted by molar-refractivity contribution is -0.105. The Kier molecular flexibility index (Phi) is 3.49. The van der Waals surface area contributed by atoms with Crippen molar-refractivity contribution in [3.63, 3.8) is 0 Å². The Morgan fingerprint density at radius 2 is 1.38 bits per heavy atom. The molecule has 90 valence electrons. The van der Waals surface area contributed by atoms with Crippen molar-refractivity contribution in [1.29, 1.82) is 0 Å². The molecular formula is C15H24O. The van der Waals surface area contributed by atoms with Gasteiger partial charge in [0.1, 0.15) is 0 Å². The zero-order valence-electron chi connectivity index (χ0n) is 11.6. The first-order valence-electron chi connectivity index (χ1n) is 6.15. The van der Waals surface area contributed by atoms with Crippen molar-refractivity contribution in [1.82, 2.24) is 0 Å². The van der Waals surface area contributed by atoms with Crippen LogP contribution in [0.25, 0.3) is 0 Å². The molecule has 0 atom stereocenters. The molecule has 0 bridgehead atoms. The number of hydrogen-bond acceptors (Lipinski definition) is 1. The van der Waals surface area contributed by atoms with Crippen LogP contribution in [0.3, 0.4) is 0 Å². The Balaban J connectivity index is 0.000000606. The molecule has 0 saturated carbocycles. The molecule has 1 heteroatoms. The van der Waals surface area contributed by atoms with Gasteiger partial charge in [-0.3, -0.25) is 0 Å². The van der Waals surface area contributed by atoms with Crippen LogP contribution in [0.5, 0.6) is 0 Å². The Labute approximate surface area is 99.8 Å². The lowest BCUT2D eigenvalue weighted by Crippen LogP contribution is -2.22. The second-order valence-electron chi connectivity index (χ2n) is 5.17. The topological polar surface area (TPSA) is 9.23 Å². The van der Waals surface area contributed by atoms with Gasteiger partial charge < -0.3 is 4.74 Å². The van der Waals surface area contributed by atoms with E-state index in [0.29, 0.717) is 0 Å². The van der Waals surface area contributed by atoms with Crippen LogP contribution in [0.2, 0.25) is 0 Å². The maximum atomic E-state index is 6.06. The molecular weight excluding hydrogens is 196 g/mol. The van der Waals surface area contributed by atoms with Gasteiger partial charge in [-0.2, -0.15) is 0 Å². The fourth-order valence-electron chi connectivity index (χ4n) is 2.43. The largest absolute Gasteiger partial charge is 0.360 e. The summed E-state index contributed by atoms with van der Waals surface area (Å²) in [5.74, 6) is 0. The summed E-state index contributed by atoms with van der Waals surface area (Å²) < 4.78 is 6.06. The minimum absolute atomic E-state index is 0.146. The van der Waals surface area contributed by atoms with E-state index in [4.69, 9.17) is 4.74 Å². The highest BCUT2D eigenvalue weighted by Gasteiger charge is 2.42. The molecule has 1 aromatic carbocycles. The van der Waals surface area contributed by atoms with E-state index >= 15 is 0 Å². The van der Waals surface area contributed by atoms with Crippen molar-refractivity contribution < 1.29 is 4.74 Å². The zero-order valence-corrected chi connectivity index (χ0v) is 11.6. The van der Waals surface area contributed by atoms with E-state index in [1.54, 1.807) is 0 Å². The van der Waals surface area contributed by atoms with Crippen molar-refractivity contribution in [2.45, 2.75) is 59.7 Å². The predicted octanol–water partition coefficient (Wildman–Crippen LogP) is 4.52. The molecule has 2 rings (SSSR count). The summed E-state index contributed by atoms with van der Waals surface area (Å²) in [6.07, 6.45) is 0. The van der Waals surface area contributed by atoms with Gasteiger partial charge in [0.15, 0.2) is 0 Å². The van der Waals surface area contributed by atoms with Gasteiger partial charge in [-0.1, -0.05) is 37.6 Å². The Hall–Kier alpha value is -0.820. The van der Waals surface area contributed by atoms with E-state index in [-0.39, 0.29) is 11.2 Å². The van der Waals surface area contributed by atoms with Gasteiger partial charge in [0, 0.05) is 0 Å². The molecule has 0 N–H and O–H groups in total. The standard InChI is InChI=1S/C13H18O.C2H6/c1-9-6-7-10-11(8-9)13(4,5)14-12(10,2)3;1-2/h6-8H,1-5H3;1-2H3. The number of rotatable bonds is 0. The van der Waals surface area contributed by atoms with Gasteiger partial charge >= 0.3 is 0 Å². The minimum Gasteiger partial charge on any atom is -0.360 e. The predicted molar refractivity (Wildman–Crippen MR) is 69.7 cm³/mol. The molecule has 1 aliphatic rings. The summed E-state index contributed by atoms with van der Waals surface area (Å²) in [5, 5.41) is 0. The molecule has 0 aliphatic carbocycles. The van der Waals surface area contributed by atoms with Crippen LogP contribution in [-0.2, 0) is 15.9 Å². The van der Waals surface area contributed by atoms with Crippen molar-refractivity contribution in [2.24, 2.45) is 0 Å². The number of ether oxygens (including phenoxy) is 1. The summed E-state index contributed by atoms with van der Waals surface area (Å²) in [4.78, 5) is 0. The van der Waals surface area contributed by atoms with Crippen LogP contribution in [0.4, 0.5) is 0 Å². The van der Waals surface area contributed by atoms with Gasteiger partial charge in [-0.25, -0.2) is 0 Å². The normalized spacial score (nSPS) is 19.7. The molecule has 1 aromatic rings. The summed E-state index contributed by atoms with van der Waals surface area (Å²) >= 11 is 0. The van der Waals surface area contributed by atoms with Crippen LogP contribution < -0.4 is 0 Å². The Morgan fingerprint density at radius 3 is 1.94 bits per heavy atom. The molecule has 1 aliphatic heterocycles. The zero-order chi connectivity index (χ0) is 12.6. The van der Waals surface area contributed by atoms with E-state index in [9.17, 15) is 0 Å². The molecule has 16 heavy (non-hydrogen) atoms. The first-order valence-corrected chi connectivity index (χ1v) is 6.15. The third-order valence-electron chi connectivity index (χ3n) is 2.98. The quantitative estimate of drug-likeness (QED) is 0.624. The van der Waals surface area contributed by atoms with Crippen LogP contribution in [0.1, 0.15) is 58.2 Å². The molecule has 0 unspecified atom stereocenters. The summed E-state index contributed by atoms with van der Waals surface area (Å²) in [7, 11) is 0. The van der Waals surface area contributed by atoms with Gasteiger partial charge in [0.05, 0.1) is 11.2 Å². The molecule has 1 heterocycles. The van der Waals surface area contributed by atoms with Gasteiger partial charge in [0.25, 0.3) is 0 Å². The van der Waals surface area contributed by atoms with Crippen LogP contribution in [-0.4, -0.2) is 0 Å². The summed E-state index contributed by atoms with van der Waals surface area (Å²) in [6, 6.07) is 6.59. The Morgan fingerprint density at radius 1 is 0.875 bits per heavy atom. The second kappa shape index (κ2) is 4.21. The number of hydrogen-bond donors (Lipinski definition) is 0. The molecule has 0 aromatic heterocycles. The maximum absolute atomic E-state index is 6.06. The smallest absolute Gasteiger partial charge is 0.0891 e. The lowest BCUT2D eigenvalue weighted by atomic mass is 9.89. The molecule has 0 amide bonds. The van der Waals surface area contributed by atoms with E-state index in [1.165, 1.54) is 16.7 Å². The molecule has 0 saturated heterocycles. The maximum Gasteiger partial charge on any atom is 0.0891 e. The molecule has 1 nitrogen and oxygen atoms in total. The van der Waals surface area contributed by atoms with Crippen molar-refractivity contribution >= 4 is 0 Å². The van der Waals surface area contributed by atoms with Crippen LogP contribution in [0.15, 0.2) is 18.2 Å². The van der Waals surface area contributed by atoms with E-state index in [0.717, 1.165) is 0 Å². The van der Waals surface area contributed by atoms with E-state index < -0.39 is 0 Å². The van der Waals surface area contributed by atoms with Crippen molar-refractivity contribution in [3.8, 4) is 0 Å². The average molecular weight is 220 g/mol. The first kappa shape index (κ1) is 13.2. The molecule has 0 fully saturated rings. The number of benzene rings is 1. The monoisotopic (exact) mass is 220 g/mol. The van der Waals surface area contributed by atoms with Crippen molar-refractivity contribution in [2.75, 3.05) is 0 Å². The van der Waals surface area contributed by atoms with E-state index in [2.05, 4.69) is 52.8 Å². The van der Waals surface area contributed by atoms with Gasteiger partial charge in [0.2, 0.25) is 0 Å². The van der Waals surface area contributed by atoms with Crippen molar-refractivity contribution in [3.05, 3.63) is 34.9 Å². The highest BCUT2D eigenvalue weighted by Crippen LogP contribution is 2.46. The first-order chi connectivity index (χ1) is 7.33. The molecule has 0 spiro atoms. The third kappa shape index (κ3) is 2.15. The SMILES string of the molecule is CC.Cc1ccc2c(c1)C(C)(C)OC2(C)C. The number of aryl methyl sites for hydroxylation is 1. The second-order valence-corrected chi connectivity index (χ2v) is 5.17. The van der Waals surface area contributed by atoms with Gasteiger partial charge in [-0.05, 0) is 45.7 Å². The third-order valence-corrected chi connectivity index (χ3v) is 2.98. The average Bonchev–Trinajstić information content (AvgIpc) is 2.35. The van der Waals surface area contributed by atoms with Gasteiger partial charge in [-0.15, -0.1) is 0 Å². The number of fused-ring (bicyclic) bond motifs is 1. The summed E-state index contributed by atoms with van der Waals surface area (Å²) in [5.41, 5.74) is 3.67. The lowest BCUT2D eigenvalue weighted by Gasteiger charge is -2.24. The van der Waals surface area contributed by atoms with E-state index in [1.807, 2.05) is 13.8 Å². The minimum atomic E-state index is -0.148. The molecule has 0 radical (unpaired) electrons. The highest BCUT2D eigenvalue weighted by atomic mass is 16.5. The summed E-state index contributed by atoms with van der Waals surface area (Å²) in [6.45, 7) is 14.7. The highest BCUT2D eigenvalue weighted by molar-refractivity contribution is 5.42. The fourth-order valence-corrected chi connectivity index (χ4v) is 2.43. The Bertz CT molecular complexity index is 375.